The molecule has 0 saturated heterocycles. The van der Waals surface area contributed by atoms with E-state index in [2.05, 4.69) is 19.0 Å². The number of allylic oxidation sites excluding steroid dienone is 2. The smallest absolute Gasteiger partial charge is 0.306 e. The van der Waals surface area contributed by atoms with Gasteiger partial charge >= 0.3 is 11.9 Å². The largest absolute Gasteiger partial charge is 0.461 e. The molecule has 0 unspecified atom stereocenters. The SMILES string of the molecule is CCCCCC(F)(F)C=CCOC(=O)CCCCCCCP(CCCCCCCC(=O)OCC=CC(F)(F)CCCCC)CCCCCN(C)C. The number of esters is 2. The van der Waals surface area contributed by atoms with E-state index < -0.39 is 11.8 Å². The van der Waals surface area contributed by atoms with Crippen molar-refractivity contribution in [3.63, 3.8) is 0 Å². The zero-order valence-corrected chi connectivity index (χ0v) is 33.7. The fraction of sp³-hybridized carbons (Fsp3) is 0.854. The maximum Gasteiger partial charge on any atom is 0.306 e. The summed E-state index contributed by atoms with van der Waals surface area (Å²) in [5.41, 5.74) is 0. The quantitative estimate of drug-likeness (QED) is 0.0210. The van der Waals surface area contributed by atoms with Crippen molar-refractivity contribution in [3.8, 4) is 0 Å². The van der Waals surface area contributed by atoms with Gasteiger partial charge in [-0.05, 0) is 115 Å². The van der Waals surface area contributed by atoms with E-state index in [1.807, 2.05) is 13.8 Å². The van der Waals surface area contributed by atoms with E-state index in [9.17, 15) is 27.2 Å². The highest BCUT2D eigenvalue weighted by Crippen LogP contribution is 2.39. The van der Waals surface area contributed by atoms with Crippen molar-refractivity contribution >= 4 is 19.9 Å². The third kappa shape index (κ3) is 35.3. The van der Waals surface area contributed by atoms with Crippen LogP contribution >= 0.6 is 7.92 Å². The van der Waals surface area contributed by atoms with Crippen molar-refractivity contribution in [3.05, 3.63) is 24.3 Å². The fourth-order valence-corrected chi connectivity index (χ4v) is 8.48. The number of carbonyl (C=O) groups is 2. The number of ether oxygens (including phenoxy) is 2. The maximum atomic E-state index is 13.8. The van der Waals surface area contributed by atoms with Gasteiger partial charge in [-0.15, -0.1) is 7.92 Å². The minimum Gasteiger partial charge on any atom is -0.461 e. The Kier molecular flexibility index (Phi) is 32.2. The normalized spacial score (nSPS) is 13.1. The van der Waals surface area contributed by atoms with Crippen LogP contribution in [-0.4, -0.2) is 81.0 Å². The van der Waals surface area contributed by atoms with Gasteiger partial charge in [0, 0.05) is 25.7 Å². The van der Waals surface area contributed by atoms with Crippen molar-refractivity contribution in [2.75, 3.05) is 52.3 Å². The molecule has 0 fully saturated rings. The van der Waals surface area contributed by atoms with Gasteiger partial charge in [0.05, 0.1) is 0 Å². The number of nitrogens with zero attached hydrogens (tertiary/aromatic N) is 1. The van der Waals surface area contributed by atoms with Crippen molar-refractivity contribution in [2.24, 2.45) is 0 Å². The molecule has 0 aromatic carbocycles. The van der Waals surface area contributed by atoms with Crippen LogP contribution in [-0.2, 0) is 19.1 Å². The minimum absolute atomic E-state index is 0.0124. The molecule has 0 spiro atoms. The fourth-order valence-electron chi connectivity index (χ4n) is 5.80. The van der Waals surface area contributed by atoms with Crippen LogP contribution in [0.25, 0.3) is 0 Å². The first-order valence-electron chi connectivity index (χ1n) is 20.2. The van der Waals surface area contributed by atoms with Gasteiger partial charge in [0.2, 0.25) is 0 Å². The predicted molar refractivity (Wildman–Crippen MR) is 208 cm³/mol. The number of hydrogen-bond donors (Lipinski definition) is 0. The van der Waals surface area contributed by atoms with Crippen molar-refractivity contribution in [1.82, 2.24) is 4.90 Å². The van der Waals surface area contributed by atoms with E-state index in [1.54, 1.807) is 0 Å². The topological polar surface area (TPSA) is 55.8 Å². The summed E-state index contributed by atoms with van der Waals surface area (Å²) in [6.07, 6.45) is 27.1. The lowest BCUT2D eigenvalue weighted by molar-refractivity contribution is -0.143. The molecule has 0 radical (unpaired) electrons. The third-order valence-electron chi connectivity index (χ3n) is 8.92. The Bertz CT molecular complexity index is 839. The van der Waals surface area contributed by atoms with Gasteiger partial charge in [-0.3, -0.25) is 9.59 Å². The molecule has 300 valence electrons. The molecule has 0 rings (SSSR count). The van der Waals surface area contributed by atoms with Gasteiger partial charge in [-0.1, -0.05) is 84.5 Å². The molecule has 0 heterocycles. The summed E-state index contributed by atoms with van der Waals surface area (Å²) in [5.74, 6) is -6.32. The maximum absolute atomic E-state index is 13.8. The van der Waals surface area contributed by atoms with Gasteiger partial charge < -0.3 is 14.4 Å². The summed E-state index contributed by atoms with van der Waals surface area (Å²) < 4.78 is 65.3. The molecule has 0 atom stereocenters. The lowest BCUT2D eigenvalue weighted by Crippen LogP contribution is -2.12. The summed E-state index contributed by atoms with van der Waals surface area (Å²) in [6, 6.07) is 0. The predicted octanol–water partition coefficient (Wildman–Crippen LogP) is 12.5. The van der Waals surface area contributed by atoms with Gasteiger partial charge in [0.15, 0.2) is 0 Å². The molecule has 0 bridgehead atoms. The summed E-state index contributed by atoms with van der Waals surface area (Å²) >= 11 is 0. The number of alkyl halides is 4. The van der Waals surface area contributed by atoms with Crippen LogP contribution in [0.1, 0.15) is 162 Å². The van der Waals surface area contributed by atoms with E-state index >= 15 is 0 Å². The van der Waals surface area contributed by atoms with Crippen LogP contribution in [0, 0.1) is 0 Å². The Morgan fingerprint density at radius 3 is 1.31 bits per heavy atom. The van der Waals surface area contributed by atoms with Gasteiger partial charge in [0.25, 0.3) is 11.8 Å². The standard InChI is InChI=1S/C41H74F4NO4P/c1-5-7-18-28-40(42,43)30-24-33-49-38(47)26-16-11-9-13-21-35-51(37-23-15-20-32-46(3)4)36-22-14-10-12-17-27-39(48)50-34-25-31-41(44,45)29-19-8-6-2/h24-25,30-31H,5-23,26-29,32-37H2,1-4H3. The van der Waals surface area contributed by atoms with E-state index in [0.29, 0.717) is 25.7 Å². The number of rotatable bonds is 36. The van der Waals surface area contributed by atoms with Crippen LogP contribution in [0.15, 0.2) is 24.3 Å². The minimum atomic E-state index is -2.84. The summed E-state index contributed by atoms with van der Waals surface area (Å²) in [5, 5.41) is 0. The molecular formula is C41H74F4NO4P. The first-order chi connectivity index (χ1) is 24.4. The summed E-state index contributed by atoms with van der Waals surface area (Å²) in [7, 11) is 4.25. The average Bonchev–Trinajstić information content (AvgIpc) is 3.07. The molecule has 0 aliphatic rings. The zero-order valence-electron chi connectivity index (χ0n) is 32.9. The molecule has 0 aliphatic heterocycles. The highest BCUT2D eigenvalue weighted by Gasteiger charge is 2.24. The van der Waals surface area contributed by atoms with E-state index in [4.69, 9.17) is 9.47 Å². The second kappa shape index (κ2) is 33.1. The number of carbonyl (C=O) groups excluding carboxylic acids is 2. The van der Waals surface area contributed by atoms with Crippen molar-refractivity contribution in [1.29, 1.82) is 0 Å². The molecule has 5 nitrogen and oxygen atoms in total. The first-order valence-corrected chi connectivity index (χ1v) is 22.1. The summed E-state index contributed by atoms with van der Waals surface area (Å²) in [4.78, 5) is 26.2. The lowest BCUT2D eigenvalue weighted by atomic mass is 10.1. The molecular weight excluding hydrogens is 677 g/mol. The van der Waals surface area contributed by atoms with E-state index in [1.165, 1.54) is 62.7 Å². The highest BCUT2D eigenvalue weighted by atomic mass is 31.1. The third-order valence-corrected chi connectivity index (χ3v) is 11.8. The monoisotopic (exact) mass is 752 g/mol. The Morgan fingerprint density at radius 2 is 0.922 bits per heavy atom. The van der Waals surface area contributed by atoms with Crippen molar-refractivity contribution < 1.29 is 36.6 Å². The average molecular weight is 752 g/mol. The highest BCUT2D eigenvalue weighted by molar-refractivity contribution is 7.57. The Labute approximate surface area is 310 Å². The van der Waals surface area contributed by atoms with Crippen LogP contribution in [0.2, 0.25) is 0 Å². The van der Waals surface area contributed by atoms with E-state index in [0.717, 1.165) is 95.7 Å². The van der Waals surface area contributed by atoms with Crippen LogP contribution in [0.3, 0.4) is 0 Å². The number of unbranched alkanes of at least 4 members (excludes halogenated alkanes) is 14. The van der Waals surface area contributed by atoms with E-state index in [-0.39, 0.29) is 45.9 Å². The molecule has 0 saturated carbocycles. The van der Waals surface area contributed by atoms with Crippen LogP contribution < -0.4 is 0 Å². The number of hydrogen-bond acceptors (Lipinski definition) is 5. The molecule has 0 aliphatic carbocycles. The zero-order chi connectivity index (χ0) is 38.1. The van der Waals surface area contributed by atoms with Crippen LogP contribution in [0.5, 0.6) is 0 Å². The second-order valence-electron chi connectivity index (χ2n) is 14.3. The Morgan fingerprint density at radius 1 is 0.549 bits per heavy atom. The Hall–Kier alpha value is -1.47. The molecule has 10 heteroatoms. The molecule has 0 aromatic heterocycles. The first kappa shape index (κ1) is 49.5. The van der Waals surface area contributed by atoms with Gasteiger partial charge in [0.1, 0.15) is 13.2 Å². The Balaban J connectivity index is 4.17. The summed E-state index contributed by atoms with van der Waals surface area (Å²) in [6.45, 7) is 4.91. The van der Waals surface area contributed by atoms with Gasteiger partial charge in [-0.2, -0.15) is 0 Å². The van der Waals surface area contributed by atoms with Crippen LogP contribution in [0.4, 0.5) is 17.6 Å². The molecule has 51 heavy (non-hydrogen) atoms. The molecule has 0 N–H and O–H groups in total. The molecule has 0 aromatic rings. The van der Waals surface area contributed by atoms with Crippen molar-refractivity contribution in [2.45, 2.75) is 173 Å². The molecule has 0 amide bonds. The van der Waals surface area contributed by atoms with Gasteiger partial charge in [-0.25, -0.2) is 17.6 Å². The second-order valence-corrected chi connectivity index (χ2v) is 17.0. The number of halogens is 4. The lowest BCUT2D eigenvalue weighted by Gasteiger charge is -2.18.